The molecule has 5 heterocycles. The fourth-order valence-corrected chi connectivity index (χ4v) is 4.08. The highest BCUT2D eigenvalue weighted by atomic mass is 19.1. The number of hydrogen-bond donors (Lipinski definition) is 1. The SMILES string of the molecule is Cc1nc(C)c2nc(-c3cncc(F)c3)n(Cc3cnn(CC4CCNC4)c3)c2n1. The van der Waals surface area contributed by atoms with Gasteiger partial charge in [0.2, 0.25) is 0 Å². The van der Waals surface area contributed by atoms with E-state index in [1.54, 1.807) is 6.20 Å². The van der Waals surface area contributed by atoms with Crippen LogP contribution in [0.2, 0.25) is 0 Å². The number of pyridine rings is 1. The lowest BCUT2D eigenvalue weighted by Gasteiger charge is -2.09. The lowest BCUT2D eigenvalue weighted by molar-refractivity contribution is 0.449. The van der Waals surface area contributed by atoms with Gasteiger partial charge in [0.1, 0.15) is 23.0 Å². The van der Waals surface area contributed by atoms with Crippen LogP contribution >= 0.6 is 0 Å². The van der Waals surface area contributed by atoms with Crippen molar-refractivity contribution in [1.82, 2.24) is 39.6 Å². The minimum Gasteiger partial charge on any atom is -0.316 e. The van der Waals surface area contributed by atoms with Crippen LogP contribution < -0.4 is 5.32 Å². The maximum atomic E-state index is 13.9. The highest BCUT2D eigenvalue weighted by Gasteiger charge is 2.19. The zero-order valence-corrected chi connectivity index (χ0v) is 17.0. The van der Waals surface area contributed by atoms with Crippen molar-refractivity contribution in [3.63, 3.8) is 0 Å². The molecule has 4 aromatic rings. The Bertz CT molecular complexity index is 1210. The van der Waals surface area contributed by atoms with Gasteiger partial charge < -0.3 is 9.88 Å². The van der Waals surface area contributed by atoms with Crippen LogP contribution in [0.3, 0.4) is 0 Å². The lowest BCUT2D eigenvalue weighted by atomic mass is 10.1. The molecule has 9 heteroatoms. The van der Waals surface area contributed by atoms with Crippen molar-refractivity contribution < 1.29 is 4.39 Å². The largest absolute Gasteiger partial charge is 0.316 e. The molecular weight excluding hydrogens is 383 g/mol. The minimum atomic E-state index is -0.400. The Labute approximate surface area is 173 Å². The van der Waals surface area contributed by atoms with Crippen LogP contribution in [0.4, 0.5) is 4.39 Å². The Balaban J connectivity index is 1.55. The van der Waals surface area contributed by atoms with Gasteiger partial charge in [-0.15, -0.1) is 0 Å². The third-order valence-electron chi connectivity index (χ3n) is 5.48. The Hall–Kier alpha value is -3.20. The van der Waals surface area contributed by atoms with Gasteiger partial charge in [0.25, 0.3) is 0 Å². The summed E-state index contributed by atoms with van der Waals surface area (Å²) < 4.78 is 17.9. The molecule has 1 saturated heterocycles. The Kier molecular flexibility index (Phi) is 4.74. The van der Waals surface area contributed by atoms with Crippen LogP contribution in [0.25, 0.3) is 22.6 Å². The molecule has 1 N–H and O–H groups in total. The van der Waals surface area contributed by atoms with Crippen molar-refractivity contribution in [3.05, 3.63) is 53.8 Å². The van der Waals surface area contributed by atoms with Crippen LogP contribution in [0.15, 0.2) is 30.9 Å². The summed E-state index contributed by atoms with van der Waals surface area (Å²) in [5.74, 6) is 1.50. The van der Waals surface area contributed by atoms with Gasteiger partial charge in [0, 0.05) is 30.1 Å². The number of fused-ring (bicyclic) bond motifs is 1. The van der Waals surface area contributed by atoms with E-state index in [9.17, 15) is 4.39 Å². The average Bonchev–Trinajstić information content (AvgIpc) is 3.44. The molecule has 4 aromatic heterocycles. The fourth-order valence-electron chi connectivity index (χ4n) is 4.08. The van der Waals surface area contributed by atoms with Gasteiger partial charge in [-0.05, 0) is 45.3 Å². The smallest absolute Gasteiger partial charge is 0.164 e. The molecule has 0 spiro atoms. The molecule has 1 unspecified atom stereocenters. The summed E-state index contributed by atoms with van der Waals surface area (Å²) in [4.78, 5) is 17.8. The van der Waals surface area contributed by atoms with E-state index >= 15 is 0 Å². The number of rotatable bonds is 5. The monoisotopic (exact) mass is 406 g/mol. The predicted molar refractivity (Wildman–Crippen MR) is 110 cm³/mol. The first-order chi connectivity index (χ1) is 14.6. The number of hydrogen-bond acceptors (Lipinski definition) is 6. The molecule has 154 valence electrons. The molecule has 0 saturated carbocycles. The first kappa shape index (κ1) is 18.8. The Morgan fingerprint density at radius 2 is 2.07 bits per heavy atom. The van der Waals surface area contributed by atoms with E-state index in [0.29, 0.717) is 35.2 Å². The summed E-state index contributed by atoms with van der Waals surface area (Å²) in [7, 11) is 0. The first-order valence-corrected chi connectivity index (χ1v) is 10.1. The molecule has 0 radical (unpaired) electrons. The van der Waals surface area contributed by atoms with Gasteiger partial charge >= 0.3 is 0 Å². The standard InChI is InChI=1S/C21H23FN8/c1-13-19-21(27-14(2)26-13)30(20(28-19)17-5-18(22)9-24-8-17)12-16-7-25-29(11-16)10-15-3-4-23-6-15/h5,7-9,11,15,23H,3-4,6,10,12H2,1-2H3. The molecular formula is C21H23FN8. The van der Waals surface area contributed by atoms with E-state index in [1.807, 2.05) is 29.3 Å². The van der Waals surface area contributed by atoms with E-state index in [2.05, 4.69) is 31.6 Å². The second-order valence-electron chi connectivity index (χ2n) is 7.87. The molecule has 1 atom stereocenters. The van der Waals surface area contributed by atoms with E-state index in [0.717, 1.165) is 36.5 Å². The second-order valence-corrected chi connectivity index (χ2v) is 7.87. The third kappa shape index (κ3) is 3.56. The summed E-state index contributed by atoms with van der Waals surface area (Å²) in [5, 5.41) is 7.93. The molecule has 1 fully saturated rings. The zero-order valence-electron chi connectivity index (χ0n) is 17.0. The molecule has 1 aliphatic heterocycles. The van der Waals surface area contributed by atoms with Crippen molar-refractivity contribution in [1.29, 1.82) is 0 Å². The van der Waals surface area contributed by atoms with Gasteiger partial charge in [0.15, 0.2) is 5.65 Å². The average molecular weight is 406 g/mol. The number of nitrogens with one attached hydrogen (secondary N) is 1. The summed E-state index contributed by atoms with van der Waals surface area (Å²) in [5.41, 5.74) is 3.89. The summed E-state index contributed by atoms with van der Waals surface area (Å²) >= 11 is 0. The molecule has 30 heavy (non-hydrogen) atoms. The number of nitrogens with zero attached hydrogens (tertiary/aromatic N) is 7. The van der Waals surface area contributed by atoms with E-state index in [4.69, 9.17) is 4.98 Å². The van der Waals surface area contributed by atoms with E-state index in [1.165, 1.54) is 18.7 Å². The van der Waals surface area contributed by atoms with E-state index < -0.39 is 5.82 Å². The normalized spacial score (nSPS) is 16.6. The van der Waals surface area contributed by atoms with Gasteiger partial charge in [-0.2, -0.15) is 5.10 Å². The van der Waals surface area contributed by atoms with Gasteiger partial charge in [-0.1, -0.05) is 0 Å². The van der Waals surface area contributed by atoms with Crippen molar-refractivity contribution >= 4 is 11.2 Å². The van der Waals surface area contributed by atoms with Gasteiger partial charge in [0.05, 0.1) is 24.6 Å². The molecule has 0 bridgehead atoms. The van der Waals surface area contributed by atoms with Crippen LogP contribution in [0, 0.1) is 25.6 Å². The van der Waals surface area contributed by atoms with E-state index in [-0.39, 0.29) is 0 Å². The van der Waals surface area contributed by atoms with Gasteiger partial charge in [-0.25, -0.2) is 19.3 Å². The quantitative estimate of drug-likeness (QED) is 0.548. The van der Waals surface area contributed by atoms with Gasteiger partial charge in [-0.3, -0.25) is 9.67 Å². The van der Waals surface area contributed by atoms with Crippen molar-refractivity contribution in [2.75, 3.05) is 13.1 Å². The third-order valence-corrected chi connectivity index (χ3v) is 5.48. The Morgan fingerprint density at radius 3 is 2.87 bits per heavy atom. The molecule has 1 aliphatic rings. The maximum Gasteiger partial charge on any atom is 0.164 e. The predicted octanol–water partition coefficient (Wildman–Crippen LogP) is 2.50. The first-order valence-electron chi connectivity index (χ1n) is 10.1. The van der Waals surface area contributed by atoms with Crippen molar-refractivity contribution in [3.8, 4) is 11.4 Å². The Morgan fingerprint density at radius 1 is 1.17 bits per heavy atom. The topological polar surface area (TPSA) is 86.3 Å². The van der Waals surface area contributed by atoms with Crippen LogP contribution in [-0.2, 0) is 13.1 Å². The number of aryl methyl sites for hydroxylation is 2. The highest BCUT2D eigenvalue weighted by Crippen LogP contribution is 2.26. The molecule has 5 rings (SSSR count). The molecule has 0 aromatic carbocycles. The zero-order chi connectivity index (χ0) is 20.7. The minimum absolute atomic E-state index is 0.400. The number of halogens is 1. The lowest BCUT2D eigenvalue weighted by Crippen LogP contribution is -2.14. The summed E-state index contributed by atoms with van der Waals surface area (Å²) in [6, 6.07) is 1.44. The molecule has 0 amide bonds. The van der Waals surface area contributed by atoms with Crippen molar-refractivity contribution in [2.45, 2.75) is 33.4 Å². The number of aromatic nitrogens is 7. The molecule has 0 aliphatic carbocycles. The second kappa shape index (κ2) is 7.56. The summed E-state index contributed by atoms with van der Waals surface area (Å²) in [6.45, 7) is 7.31. The van der Waals surface area contributed by atoms with Crippen LogP contribution in [0.5, 0.6) is 0 Å². The van der Waals surface area contributed by atoms with Crippen molar-refractivity contribution in [2.24, 2.45) is 5.92 Å². The van der Waals surface area contributed by atoms with Crippen LogP contribution in [0.1, 0.15) is 23.5 Å². The van der Waals surface area contributed by atoms with Crippen LogP contribution in [-0.4, -0.2) is 47.4 Å². The fraction of sp³-hybridized carbons (Fsp3) is 0.381. The number of imidazole rings is 1. The highest BCUT2D eigenvalue weighted by molar-refractivity contribution is 5.79. The molecule has 8 nitrogen and oxygen atoms in total. The summed E-state index contributed by atoms with van der Waals surface area (Å²) in [6.07, 6.45) is 7.93. The maximum absolute atomic E-state index is 13.9.